The maximum Gasteiger partial charge on any atom is 3.00 e. The van der Waals surface area contributed by atoms with E-state index >= 15 is 0 Å². The van der Waals surface area contributed by atoms with Crippen molar-refractivity contribution in [2.75, 3.05) is 26.2 Å². The molecule has 2 radical (unpaired) electrons. The van der Waals surface area contributed by atoms with Crippen molar-refractivity contribution in [1.29, 1.82) is 0 Å². The Bertz CT molecular complexity index is 1260. The van der Waals surface area contributed by atoms with Crippen LogP contribution in [-0.2, 0) is 47.8 Å². The number of rotatable bonds is 11. The van der Waals surface area contributed by atoms with Gasteiger partial charge in [0, 0.05) is 66.9 Å². The molecule has 0 aliphatic heterocycles. The van der Waals surface area contributed by atoms with Crippen LogP contribution in [-0.4, -0.2) is 79.1 Å². The van der Waals surface area contributed by atoms with Crippen LogP contribution in [0.3, 0.4) is 0 Å². The number of nitrogens with one attached hydrogen (secondary N) is 1. The molecule has 2 aromatic carbocycles. The zero-order valence-electron chi connectivity index (χ0n) is 32.4. The molecule has 0 aromatic heterocycles. The number of aliphatic carboxylic acids is 6. The first-order valence-electron chi connectivity index (χ1n) is 16.3. The average molecular weight is 1130 g/mol. The fourth-order valence-electron chi connectivity index (χ4n) is 4.31. The van der Waals surface area contributed by atoms with Crippen LogP contribution in [0.4, 0.5) is 0 Å². The monoisotopic (exact) mass is 1130 g/mol. The van der Waals surface area contributed by atoms with Crippen LogP contribution in [0.5, 0.6) is 0 Å². The summed E-state index contributed by atoms with van der Waals surface area (Å²) in [5, 5.41) is 56.4. The third-order valence-corrected chi connectivity index (χ3v) is 6.94. The molecule has 6 N–H and O–H groups in total. The van der Waals surface area contributed by atoms with E-state index in [1.54, 1.807) is 0 Å². The second-order valence-electron chi connectivity index (χ2n) is 11.1. The minimum absolute atomic E-state index is 0. The number of carbonyl (C=O) groups excluding carboxylic acids is 6. The number of phosphoric acid groups is 1. The first-order valence-corrected chi connectivity index (χ1v) is 17.8. The van der Waals surface area contributed by atoms with Crippen LogP contribution >= 0.6 is 7.82 Å². The Morgan fingerprint density at radius 3 is 1.30 bits per heavy atom. The molecule has 57 heavy (non-hydrogen) atoms. The van der Waals surface area contributed by atoms with Crippen molar-refractivity contribution in [1.82, 2.24) is 5.32 Å². The van der Waals surface area contributed by atoms with Gasteiger partial charge in [-0.25, -0.2) is 4.57 Å². The van der Waals surface area contributed by atoms with Gasteiger partial charge >= 0.3 is 84.2 Å². The van der Waals surface area contributed by atoms with Crippen molar-refractivity contribution in [3.8, 4) is 0 Å². The minimum Gasteiger partial charge on any atom is -0.550 e. The fraction of sp³-hybridized carbons (Fsp3) is 0.486. The maximum atomic E-state index is 12.4. The van der Waals surface area contributed by atoms with Crippen molar-refractivity contribution in [3.63, 3.8) is 0 Å². The van der Waals surface area contributed by atoms with Gasteiger partial charge in [0.15, 0.2) is 0 Å². The van der Waals surface area contributed by atoms with Crippen LogP contribution in [0.2, 0.25) is 0 Å². The second-order valence-corrected chi connectivity index (χ2v) is 12.5. The molecule has 0 bridgehead atoms. The zero-order valence-corrected chi connectivity index (χ0v) is 37.3. The number of carboxylic acid groups (broad SMARTS) is 6. The number of nitrogens with two attached hydrogens (primary N) is 2. The summed E-state index contributed by atoms with van der Waals surface area (Å²) in [6.07, 6.45) is 2.66. The summed E-state index contributed by atoms with van der Waals surface area (Å²) in [7, 11) is -4.17. The minimum atomic E-state index is -4.17. The second kappa shape index (κ2) is 40.6. The predicted octanol–water partition coefficient (Wildman–Crippen LogP) is -4.54. The largest absolute Gasteiger partial charge is 3.00 e. The molecule has 0 amide bonds. The average Bonchev–Trinajstić information content (AvgIpc) is 3.04. The van der Waals surface area contributed by atoms with E-state index in [0.717, 1.165) is 54.4 Å². The molecule has 0 saturated heterocycles. The number of phosphoric ester groups is 1. The van der Waals surface area contributed by atoms with Crippen molar-refractivity contribution in [2.24, 2.45) is 11.5 Å². The fourth-order valence-corrected chi connectivity index (χ4v) is 5.33. The van der Waals surface area contributed by atoms with Crippen molar-refractivity contribution in [3.05, 3.63) is 71.8 Å². The summed E-state index contributed by atoms with van der Waals surface area (Å²) in [6, 6.07) is 20.5. The molecule has 1 fully saturated rings. The molecular weight excluding hydrogens is 1070 g/mol. The van der Waals surface area contributed by atoms with E-state index in [4.69, 9.17) is 79.9 Å². The summed E-state index contributed by atoms with van der Waals surface area (Å²) in [5.41, 5.74) is 13.7. The number of carboxylic acids is 6. The Morgan fingerprint density at radius 2 is 1.02 bits per heavy atom. The summed E-state index contributed by atoms with van der Waals surface area (Å²) < 4.78 is 23.1. The van der Waals surface area contributed by atoms with E-state index in [1.807, 2.05) is 12.1 Å². The summed E-state index contributed by atoms with van der Waals surface area (Å²) >= 11 is 0. The molecule has 0 spiro atoms. The van der Waals surface area contributed by atoms with E-state index < -0.39 is 49.7 Å². The molecule has 3 rings (SSSR count). The van der Waals surface area contributed by atoms with Crippen molar-refractivity contribution >= 4 is 43.6 Å². The van der Waals surface area contributed by atoms with E-state index in [0.29, 0.717) is 32.5 Å². The van der Waals surface area contributed by atoms with Gasteiger partial charge in [0.05, 0.1) is 12.7 Å². The van der Waals surface area contributed by atoms with Crippen LogP contribution in [0.25, 0.3) is 0 Å². The standard InChI is InChI=1S/C23H34N3O4P.6C2H4O2.2Dy/c24-15-16-26-17-21(25)18-29-31(27,28)30-22-11-13-23(14-12-22,19-7-3-1-4-8-19)20-9-5-2-6-10-20;6*1-2(3)4;;/h1-10,21-22,26H,11-18,24-25H2,(H,27,28);6*1H3,(H,3,4);;/q;;;;;;;2*+3/p-6/t21-;;;;;;;;/m1......../s1. The van der Waals surface area contributed by atoms with Gasteiger partial charge in [-0.15, -0.1) is 0 Å². The Labute approximate surface area is 393 Å². The van der Waals surface area contributed by atoms with Crippen LogP contribution in [0, 0.1) is 76.3 Å². The molecule has 1 aliphatic rings. The molecular formula is C35H52Dy2N3O16P. The smallest absolute Gasteiger partial charge is 0.550 e. The number of hydrogen-bond acceptors (Lipinski definition) is 18. The summed E-state index contributed by atoms with van der Waals surface area (Å²) in [4.78, 5) is 63.5. The molecule has 22 heteroatoms. The normalized spacial score (nSPS) is 13.3. The molecule has 19 nitrogen and oxygen atoms in total. The number of hydrogen-bond donors (Lipinski definition) is 4. The van der Waals surface area contributed by atoms with Gasteiger partial charge in [-0.2, -0.15) is 0 Å². The van der Waals surface area contributed by atoms with Gasteiger partial charge in [-0.1, -0.05) is 60.7 Å². The van der Waals surface area contributed by atoms with Crippen LogP contribution in [0.1, 0.15) is 78.4 Å². The zero-order chi connectivity index (χ0) is 43.6. The Balaban J connectivity index is -0.000000205. The molecule has 1 aliphatic carbocycles. The van der Waals surface area contributed by atoms with Crippen LogP contribution in [0.15, 0.2) is 60.7 Å². The van der Waals surface area contributed by atoms with Gasteiger partial charge in [-0.3, -0.25) is 9.05 Å². The molecule has 2 aromatic rings. The van der Waals surface area contributed by atoms with Gasteiger partial charge < -0.3 is 81.1 Å². The molecule has 1 saturated carbocycles. The van der Waals surface area contributed by atoms with Gasteiger partial charge in [0.25, 0.3) is 0 Å². The summed E-state index contributed by atoms with van der Waals surface area (Å²) in [5.74, 6) is -6.50. The van der Waals surface area contributed by atoms with Crippen LogP contribution < -0.4 is 47.4 Å². The quantitative estimate of drug-likeness (QED) is 0.122. The number of benzene rings is 2. The van der Waals surface area contributed by atoms with E-state index in [1.165, 1.54) is 11.1 Å². The molecule has 2 atom stereocenters. The molecule has 328 valence electrons. The Kier molecular flexibility index (Phi) is 47.4. The van der Waals surface area contributed by atoms with Crippen molar-refractivity contribution in [2.45, 2.75) is 84.8 Å². The molecule has 1 unspecified atom stereocenters. The SMILES string of the molecule is CC(=O)[O-].CC(=O)[O-].CC(=O)[O-].CC(=O)[O-].CC(=O)[O-].CC(=O)[O-].NCCNC[C@@H](N)COP(=O)(O)OC1CCC(c2ccccc2)(c2ccccc2)CC1.[Dy+3].[Dy+3]. The Hall–Kier alpha value is -2.20. The van der Waals surface area contributed by atoms with E-state index in [-0.39, 0.29) is 94.5 Å². The number of carbonyl (C=O) groups is 6. The Morgan fingerprint density at radius 1 is 0.719 bits per heavy atom. The molecule has 0 heterocycles. The summed E-state index contributed by atoms with van der Waals surface area (Å²) in [6.45, 7) is 7.37. The van der Waals surface area contributed by atoms with Gasteiger partial charge in [0.1, 0.15) is 0 Å². The maximum absolute atomic E-state index is 12.4. The predicted molar refractivity (Wildman–Crippen MR) is 187 cm³/mol. The van der Waals surface area contributed by atoms with E-state index in [2.05, 4.69) is 53.8 Å². The first kappa shape index (κ1) is 66.6. The third-order valence-electron chi connectivity index (χ3n) is 5.90. The van der Waals surface area contributed by atoms with E-state index in [9.17, 15) is 9.46 Å². The third kappa shape index (κ3) is 49.9. The van der Waals surface area contributed by atoms with Gasteiger partial charge in [-0.05, 0) is 78.4 Å². The topological polar surface area (TPSA) is 361 Å². The van der Waals surface area contributed by atoms with Crippen molar-refractivity contribution < 1.29 is 154 Å². The van der Waals surface area contributed by atoms with Gasteiger partial charge in [0.2, 0.25) is 0 Å². The first-order chi connectivity index (χ1) is 25.3.